The highest BCUT2D eigenvalue weighted by molar-refractivity contribution is 5.87. The lowest BCUT2D eigenvalue weighted by molar-refractivity contribution is -0.187. The van der Waals surface area contributed by atoms with Crippen molar-refractivity contribution in [3.05, 3.63) is 23.0 Å². The lowest BCUT2D eigenvalue weighted by Crippen LogP contribution is -2.62. The van der Waals surface area contributed by atoms with Crippen LogP contribution in [0.5, 0.6) is 0 Å². The van der Waals surface area contributed by atoms with Gasteiger partial charge in [0.05, 0.1) is 7.11 Å². The van der Waals surface area contributed by atoms with Crippen LogP contribution in [0, 0.1) is 11.3 Å². The minimum absolute atomic E-state index is 0.150. The van der Waals surface area contributed by atoms with Gasteiger partial charge in [-0.1, -0.05) is 5.57 Å². The average Bonchev–Trinajstić information content (AvgIpc) is 2.82. The second-order valence-corrected chi connectivity index (χ2v) is 7.75. The number of nitrogens with zero attached hydrogens (tertiary/aromatic N) is 1. The predicted octanol–water partition coefficient (Wildman–Crippen LogP) is 1.38. The number of Topliss-reactive ketones (excluding diaryl/α,β-unsaturated/α-hetero) is 1. The highest BCUT2D eigenvalue weighted by Crippen LogP contribution is 2.67. The molecule has 2 heterocycles. The molecule has 2 aliphatic heterocycles. The van der Waals surface area contributed by atoms with Gasteiger partial charge in [-0.2, -0.15) is 0 Å². The van der Waals surface area contributed by atoms with Crippen LogP contribution in [0.4, 0.5) is 0 Å². The van der Waals surface area contributed by atoms with Gasteiger partial charge in [0, 0.05) is 23.5 Å². The number of hydrogen-bond donors (Lipinski definition) is 1. The molecule has 0 aromatic rings. The number of carbonyl (C=O) groups is 1. The molecule has 0 aromatic carbocycles. The first-order valence-electron chi connectivity index (χ1n) is 8.63. The van der Waals surface area contributed by atoms with E-state index < -0.39 is 11.9 Å². The van der Waals surface area contributed by atoms with E-state index in [0.717, 1.165) is 37.8 Å². The van der Waals surface area contributed by atoms with Crippen molar-refractivity contribution in [3.63, 3.8) is 0 Å². The normalized spacial score (nSPS) is 48.2. The summed E-state index contributed by atoms with van der Waals surface area (Å²) in [5.41, 5.74) is 1.93. The third kappa shape index (κ3) is 1.43. The number of aliphatic hydroxyl groups is 1. The highest BCUT2D eigenvalue weighted by Gasteiger charge is 2.72. The molecule has 1 unspecified atom stereocenters. The molecule has 0 aromatic heterocycles. The van der Waals surface area contributed by atoms with Crippen LogP contribution in [-0.2, 0) is 14.3 Å². The Balaban J connectivity index is 1.77. The summed E-state index contributed by atoms with van der Waals surface area (Å²) in [6.07, 6.45) is 5.54. The van der Waals surface area contributed by atoms with E-state index in [-0.39, 0.29) is 11.2 Å². The Morgan fingerprint density at radius 3 is 3.09 bits per heavy atom. The monoisotopic (exact) mass is 317 g/mol. The Hall–Kier alpha value is -1.17. The molecule has 5 atom stereocenters. The van der Waals surface area contributed by atoms with E-state index in [0.29, 0.717) is 24.1 Å². The maximum absolute atomic E-state index is 12.7. The number of ether oxygens (including phenoxy) is 2. The second-order valence-electron chi connectivity index (χ2n) is 7.75. The summed E-state index contributed by atoms with van der Waals surface area (Å²) in [5, 5.41) is 11.4. The van der Waals surface area contributed by atoms with E-state index >= 15 is 0 Å². The van der Waals surface area contributed by atoms with Crippen molar-refractivity contribution < 1.29 is 19.4 Å². The molecule has 5 heteroatoms. The maximum Gasteiger partial charge on any atom is 0.250 e. The molecule has 1 saturated carbocycles. The van der Waals surface area contributed by atoms with Gasteiger partial charge in [0.1, 0.15) is 6.10 Å². The number of allylic oxidation sites excluding steroid dienone is 1. The van der Waals surface area contributed by atoms with Crippen LogP contribution in [0.3, 0.4) is 0 Å². The molecule has 0 radical (unpaired) electrons. The third-order valence-electron chi connectivity index (χ3n) is 7.02. The number of carbonyl (C=O) groups excluding carboxylic acids is 1. The number of rotatable bonds is 1. The molecule has 5 rings (SSSR count). The summed E-state index contributed by atoms with van der Waals surface area (Å²) in [5.74, 6) is -0.514. The Morgan fingerprint density at radius 1 is 1.48 bits per heavy atom. The fourth-order valence-electron chi connectivity index (χ4n) is 6.18. The maximum atomic E-state index is 12.7. The first-order valence-corrected chi connectivity index (χ1v) is 8.63. The quantitative estimate of drug-likeness (QED) is 0.741. The molecule has 2 bridgehead atoms. The Bertz CT molecular complexity index is 668. The topological polar surface area (TPSA) is 59.0 Å². The van der Waals surface area contributed by atoms with Crippen molar-refractivity contribution in [1.82, 2.24) is 4.90 Å². The van der Waals surface area contributed by atoms with Crippen molar-refractivity contribution in [2.75, 3.05) is 20.7 Å². The molecule has 124 valence electrons. The zero-order valence-electron chi connectivity index (χ0n) is 13.7. The smallest absolute Gasteiger partial charge is 0.250 e. The Morgan fingerprint density at radius 2 is 2.30 bits per heavy atom. The van der Waals surface area contributed by atoms with Crippen molar-refractivity contribution in [3.8, 4) is 0 Å². The molecule has 23 heavy (non-hydrogen) atoms. The summed E-state index contributed by atoms with van der Waals surface area (Å²) < 4.78 is 11.5. The third-order valence-corrected chi connectivity index (χ3v) is 7.02. The zero-order valence-corrected chi connectivity index (χ0v) is 13.7. The molecular formula is C18H23NO4. The van der Waals surface area contributed by atoms with Crippen LogP contribution >= 0.6 is 0 Å². The first kappa shape index (κ1) is 14.2. The molecule has 3 aliphatic carbocycles. The molecule has 1 spiro atoms. The van der Waals surface area contributed by atoms with Crippen molar-refractivity contribution >= 4 is 5.78 Å². The van der Waals surface area contributed by atoms with Crippen LogP contribution in [0.15, 0.2) is 23.0 Å². The average molecular weight is 317 g/mol. The van der Waals surface area contributed by atoms with Crippen LogP contribution in [0.25, 0.3) is 0 Å². The van der Waals surface area contributed by atoms with Gasteiger partial charge in [-0.25, -0.2) is 0 Å². The van der Waals surface area contributed by atoms with E-state index in [9.17, 15) is 9.90 Å². The van der Waals surface area contributed by atoms with Crippen LogP contribution in [-0.4, -0.2) is 54.4 Å². The van der Waals surface area contributed by atoms with Gasteiger partial charge in [-0.3, -0.25) is 4.79 Å². The summed E-state index contributed by atoms with van der Waals surface area (Å²) in [4.78, 5) is 15.1. The fourth-order valence-corrected chi connectivity index (χ4v) is 6.18. The number of hydrogen-bond acceptors (Lipinski definition) is 5. The Labute approximate surface area is 135 Å². The number of ketones is 1. The number of piperidine rings is 1. The number of methoxy groups -OCH3 is 1. The van der Waals surface area contributed by atoms with Crippen molar-refractivity contribution in [2.45, 2.75) is 50.0 Å². The van der Waals surface area contributed by atoms with Gasteiger partial charge in [0.25, 0.3) is 0 Å². The van der Waals surface area contributed by atoms with Gasteiger partial charge in [0.15, 0.2) is 11.5 Å². The second kappa shape index (κ2) is 4.26. The zero-order chi connectivity index (χ0) is 16.0. The largest absolute Gasteiger partial charge is 0.495 e. The van der Waals surface area contributed by atoms with Gasteiger partial charge in [0.2, 0.25) is 5.79 Å². The number of likely N-dealkylation sites (tertiary alicyclic amines) is 1. The van der Waals surface area contributed by atoms with E-state index in [1.54, 1.807) is 7.11 Å². The lowest BCUT2D eigenvalue weighted by atomic mass is 9.50. The molecule has 3 fully saturated rings. The van der Waals surface area contributed by atoms with Gasteiger partial charge in [-0.05, 0) is 51.3 Å². The standard InChI is InChI=1S/C18H23NO4/c1-19-8-7-17-11-4-5-13(20)16(17)23-18(21)14(22-2)6-3-10(15(17)18)9-12(11)19/h6,11-12,16,21H,3-5,7-9H2,1-2H3/t11-,12+,16-,17-,18?/m0/s1. The lowest BCUT2D eigenvalue weighted by Gasteiger charge is -2.58. The summed E-state index contributed by atoms with van der Waals surface area (Å²) in [7, 11) is 3.76. The summed E-state index contributed by atoms with van der Waals surface area (Å²) >= 11 is 0. The molecule has 1 N–H and O–H groups in total. The molecular weight excluding hydrogens is 294 g/mol. The summed E-state index contributed by atoms with van der Waals surface area (Å²) in [6, 6.07) is 0.460. The van der Waals surface area contributed by atoms with Gasteiger partial charge in [-0.15, -0.1) is 0 Å². The van der Waals surface area contributed by atoms with E-state index in [4.69, 9.17) is 9.47 Å². The highest BCUT2D eigenvalue weighted by atomic mass is 16.7. The predicted molar refractivity (Wildman–Crippen MR) is 82.4 cm³/mol. The first-order chi connectivity index (χ1) is 11.0. The van der Waals surface area contributed by atoms with E-state index in [1.807, 2.05) is 6.08 Å². The van der Waals surface area contributed by atoms with Crippen LogP contribution in [0.2, 0.25) is 0 Å². The minimum atomic E-state index is -1.52. The Kier molecular flexibility index (Phi) is 2.63. The molecule has 2 saturated heterocycles. The molecule has 0 amide bonds. The van der Waals surface area contributed by atoms with Crippen molar-refractivity contribution in [2.24, 2.45) is 11.3 Å². The van der Waals surface area contributed by atoms with Crippen molar-refractivity contribution in [1.29, 1.82) is 0 Å². The van der Waals surface area contributed by atoms with Crippen LogP contribution < -0.4 is 0 Å². The van der Waals surface area contributed by atoms with E-state index in [2.05, 4.69) is 11.9 Å². The van der Waals surface area contributed by atoms with Gasteiger partial charge < -0.3 is 19.5 Å². The van der Waals surface area contributed by atoms with Gasteiger partial charge >= 0.3 is 0 Å². The van der Waals surface area contributed by atoms with Crippen LogP contribution in [0.1, 0.15) is 32.1 Å². The fraction of sp³-hybridized carbons (Fsp3) is 0.722. The molecule has 5 nitrogen and oxygen atoms in total. The van der Waals surface area contributed by atoms with E-state index in [1.165, 1.54) is 5.57 Å². The molecule has 5 aliphatic rings. The minimum Gasteiger partial charge on any atom is -0.495 e. The SMILES string of the molecule is COC1=CCC2=C3C1(O)O[C@H]1C(=O)CC[C@H]4[C@@H](C2)N(C)CC[C@]314. The summed E-state index contributed by atoms with van der Waals surface area (Å²) in [6.45, 7) is 0.952.